The Bertz CT molecular complexity index is 1040. The number of hydrogen-bond donors (Lipinski definition) is 2. The molecular formula is C19H14ClN3O2. The maximum absolute atomic E-state index is 12.6. The van der Waals surface area contributed by atoms with Crippen LogP contribution in [0, 0.1) is 0 Å². The Balaban J connectivity index is 1.54. The van der Waals surface area contributed by atoms with Crippen molar-refractivity contribution in [1.29, 1.82) is 0 Å². The van der Waals surface area contributed by atoms with Gasteiger partial charge in [-0.3, -0.25) is 14.6 Å². The summed E-state index contributed by atoms with van der Waals surface area (Å²) in [7, 11) is 0. The molecule has 1 aromatic carbocycles. The van der Waals surface area contributed by atoms with Gasteiger partial charge in [0.15, 0.2) is 0 Å². The van der Waals surface area contributed by atoms with E-state index in [-0.39, 0.29) is 27.8 Å². The predicted molar refractivity (Wildman–Crippen MR) is 95.8 cm³/mol. The number of allylic oxidation sites excluding steroid dienone is 2. The van der Waals surface area contributed by atoms with Crippen molar-refractivity contribution in [1.82, 2.24) is 15.3 Å². The summed E-state index contributed by atoms with van der Waals surface area (Å²) >= 11 is 6.11. The summed E-state index contributed by atoms with van der Waals surface area (Å²) in [5.41, 5.74) is 2.74. The number of aromatic amines is 1. The number of nitrogens with one attached hydrogen (secondary N) is 2. The van der Waals surface area contributed by atoms with E-state index in [1.54, 1.807) is 12.1 Å². The molecule has 0 unspecified atom stereocenters. The van der Waals surface area contributed by atoms with E-state index in [0.29, 0.717) is 13.0 Å². The monoisotopic (exact) mass is 351 g/mol. The second kappa shape index (κ2) is 6.18. The van der Waals surface area contributed by atoms with Crippen molar-refractivity contribution in [3.63, 3.8) is 0 Å². The molecule has 2 aromatic heterocycles. The standard InChI is InChI=1S/C19H14ClN3O2/c20-15-17(18(24)13-5-3-8-21-16(13)19(15)25)22-9-7-11-10-23-14-6-2-1-4-12(11)14/h1-6,8,10,22-23H,7,9H2. The molecule has 1 aliphatic carbocycles. The first-order valence-electron chi connectivity index (χ1n) is 7.90. The number of rotatable bonds is 4. The van der Waals surface area contributed by atoms with E-state index < -0.39 is 5.78 Å². The van der Waals surface area contributed by atoms with Crippen LogP contribution in [0.5, 0.6) is 0 Å². The highest BCUT2D eigenvalue weighted by molar-refractivity contribution is 6.49. The Hall–Kier alpha value is -2.92. The lowest BCUT2D eigenvalue weighted by Gasteiger charge is -2.18. The summed E-state index contributed by atoms with van der Waals surface area (Å²) in [6.07, 6.45) is 4.12. The third kappa shape index (κ3) is 2.62. The summed E-state index contributed by atoms with van der Waals surface area (Å²) in [4.78, 5) is 32.1. The molecule has 4 rings (SSSR count). The maximum atomic E-state index is 12.6. The van der Waals surface area contributed by atoms with Gasteiger partial charge in [0.2, 0.25) is 11.6 Å². The second-order valence-electron chi connectivity index (χ2n) is 5.78. The Kier molecular flexibility index (Phi) is 3.86. The molecule has 124 valence electrons. The predicted octanol–water partition coefficient (Wildman–Crippen LogP) is 3.22. The zero-order chi connectivity index (χ0) is 17.4. The van der Waals surface area contributed by atoms with Crippen molar-refractivity contribution < 1.29 is 9.59 Å². The molecule has 3 aromatic rings. The molecular weight excluding hydrogens is 338 g/mol. The number of ketones is 2. The Morgan fingerprint density at radius 2 is 1.92 bits per heavy atom. The van der Waals surface area contributed by atoms with Crippen LogP contribution < -0.4 is 5.32 Å². The van der Waals surface area contributed by atoms with E-state index >= 15 is 0 Å². The number of pyridine rings is 1. The van der Waals surface area contributed by atoms with Crippen LogP contribution in [0.25, 0.3) is 10.9 Å². The average Bonchev–Trinajstić information content (AvgIpc) is 3.06. The Morgan fingerprint density at radius 3 is 2.80 bits per heavy atom. The molecule has 0 atom stereocenters. The fraction of sp³-hybridized carbons (Fsp3) is 0.105. The SMILES string of the molecule is O=C1C(NCCc2c[nH]c3ccccc23)=C(Cl)C(=O)c2ncccc21. The molecule has 2 heterocycles. The molecule has 6 heteroatoms. The summed E-state index contributed by atoms with van der Waals surface area (Å²) in [6.45, 7) is 0.488. The van der Waals surface area contributed by atoms with E-state index in [9.17, 15) is 9.59 Å². The fourth-order valence-corrected chi connectivity index (χ4v) is 3.28. The number of carbonyl (C=O) groups is 2. The Morgan fingerprint density at radius 1 is 1.08 bits per heavy atom. The lowest BCUT2D eigenvalue weighted by atomic mass is 9.97. The number of hydrogen-bond acceptors (Lipinski definition) is 4. The third-order valence-corrected chi connectivity index (χ3v) is 4.64. The smallest absolute Gasteiger partial charge is 0.225 e. The van der Waals surface area contributed by atoms with Crippen molar-refractivity contribution >= 4 is 34.1 Å². The molecule has 0 bridgehead atoms. The summed E-state index contributed by atoms with van der Waals surface area (Å²) in [5, 5.41) is 4.07. The largest absolute Gasteiger partial charge is 0.380 e. The zero-order valence-corrected chi connectivity index (χ0v) is 13.9. The van der Waals surface area contributed by atoms with Crippen molar-refractivity contribution in [2.24, 2.45) is 0 Å². The lowest BCUT2D eigenvalue weighted by Crippen LogP contribution is -2.30. The van der Waals surface area contributed by atoms with Crippen LogP contribution in [0.2, 0.25) is 0 Å². The van der Waals surface area contributed by atoms with Gasteiger partial charge in [0.1, 0.15) is 16.4 Å². The average molecular weight is 352 g/mol. The van der Waals surface area contributed by atoms with Gasteiger partial charge in [0.25, 0.3) is 0 Å². The first kappa shape index (κ1) is 15.6. The van der Waals surface area contributed by atoms with E-state index in [0.717, 1.165) is 16.5 Å². The van der Waals surface area contributed by atoms with E-state index in [1.165, 1.54) is 6.20 Å². The highest BCUT2D eigenvalue weighted by Gasteiger charge is 2.32. The van der Waals surface area contributed by atoms with Gasteiger partial charge < -0.3 is 10.3 Å². The molecule has 0 radical (unpaired) electrons. The van der Waals surface area contributed by atoms with Gasteiger partial charge in [-0.25, -0.2) is 0 Å². The van der Waals surface area contributed by atoms with Crippen molar-refractivity contribution in [2.45, 2.75) is 6.42 Å². The van der Waals surface area contributed by atoms with Crippen LogP contribution >= 0.6 is 11.6 Å². The van der Waals surface area contributed by atoms with E-state index in [1.807, 2.05) is 30.5 Å². The van der Waals surface area contributed by atoms with Crippen LogP contribution in [0.3, 0.4) is 0 Å². The molecule has 0 fully saturated rings. The molecule has 0 amide bonds. The molecule has 0 saturated carbocycles. The fourth-order valence-electron chi connectivity index (χ4n) is 3.04. The van der Waals surface area contributed by atoms with Crippen LogP contribution in [-0.2, 0) is 6.42 Å². The van der Waals surface area contributed by atoms with Gasteiger partial charge in [-0.05, 0) is 30.2 Å². The van der Waals surface area contributed by atoms with Crippen LogP contribution in [0.15, 0.2) is 59.5 Å². The van der Waals surface area contributed by atoms with E-state index in [2.05, 4.69) is 15.3 Å². The van der Waals surface area contributed by atoms with Gasteiger partial charge in [-0.1, -0.05) is 29.8 Å². The van der Waals surface area contributed by atoms with Gasteiger partial charge in [-0.15, -0.1) is 0 Å². The van der Waals surface area contributed by atoms with Crippen LogP contribution in [-0.4, -0.2) is 28.1 Å². The number of Topliss-reactive ketones (excluding diaryl/α,β-unsaturated/α-hetero) is 2. The minimum absolute atomic E-state index is 0.102. The highest BCUT2D eigenvalue weighted by atomic mass is 35.5. The lowest BCUT2D eigenvalue weighted by molar-refractivity contribution is 0.0971. The third-order valence-electron chi connectivity index (χ3n) is 4.28. The Labute approximate surface area is 148 Å². The topological polar surface area (TPSA) is 74.8 Å². The van der Waals surface area contributed by atoms with Gasteiger partial charge in [0.05, 0.1) is 5.56 Å². The minimum atomic E-state index is -0.425. The second-order valence-corrected chi connectivity index (χ2v) is 6.16. The normalized spacial score (nSPS) is 14.1. The quantitative estimate of drug-likeness (QED) is 0.756. The van der Waals surface area contributed by atoms with Gasteiger partial charge in [-0.2, -0.15) is 0 Å². The van der Waals surface area contributed by atoms with E-state index in [4.69, 9.17) is 11.6 Å². The minimum Gasteiger partial charge on any atom is -0.380 e. The number of carbonyl (C=O) groups excluding carboxylic acids is 2. The number of nitrogens with zero attached hydrogens (tertiary/aromatic N) is 1. The van der Waals surface area contributed by atoms with Crippen molar-refractivity contribution in [3.05, 3.63) is 76.3 Å². The van der Waals surface area contributed by atoms with Crippen molar-refractivity contribution in [2.75, 3.05) is 6.54 Å². The molecule has 0 saturated heterocycles. The molecule has 0 aliphatic heterocycles. The zero-order valence-electron chi connectivity index (χ0n) is 13.2. The van der Waals surface area contributed by atoms with Crippen LogP contribution in [0.4, 0.5) is 0 Å². The first-order chi connectivity index (χ1) is 12.2. The van der Waals surface area contributed by atoms with Crippen LogP contribution in [0.1, 0.15) is 26.4 Å². The number of para-hydroxylation sites is 1. The molecule has 25 heavy (non-hydrogen) atoms. The highest BCUT2D eigenvalue weighted by Crippen LogP contribution is 2.26. The summed E-state index contributed by atoms with van der Waals surface area (Å²) < 4.78 is 0. The van der Waals surface area contributed by atoms with Crippen molar-refractivity contribution in [3.8, 4) is 0 Å². The number of halogens is 1. The molecule has 0 spiro atoms. The number of H-pyrrole nitrogens is 1. The first-order valence-corrected chi connectivity index (χ1v) is 8.27. The van der Waals surface area contributed by atoms with Gasteiger partial charge in [0, 0.05) is 29.8 Å². The maximum Gasteiger partial charge on any atom is 0.225 e. The number of aromatic nitrogens is 2. The van der Waals surface area contributed by atoms with Gasteiger partial charge >= 0.3 is 0 Å². The molecule has 2 N–H and O–H groups in total. The number of benzene rings is 1. The number of fused-ring (bicyclic) bond motifs is 2. The summed E-state index contributed by atoms with van der Waals surface area (Å²) in [6, 6.07) is 11.2. The summed E-state index contributed by atoms with van der Waals surface area (Å²) in [5.74, 6) is -0.724. The molecule has 1 aliphatic rings. The molecule has 5 nitrogen and oxygen atoms in total.